The molecular weight excluding hydrogens is 195 g/mol. The molecule has 0 aromatic heterocycles. The molecule has 0 saturated heterocycles. The molecule has 3 N–H and O–H groups in total. The summed E-state index contributed by atoms with van der Waals surface area (Å²) in [6.07, 6.45) is 0.860. The largest absolute Gasteiger partial charge is 0.486 e. The second-order valence-electron chi connectivity index (χ2n) is 3.81. The molecule has 0 radical (unpaired) electrons. The highest BCUT2D eigenvalue weighted by atomic mass is 19.1. The van der Waals surface area contributed by atoms with Crippen LogP contribution in [0.1, 0.15) is 13.3 Å². The van der Waals surface area contributed by atoms with Crippen molar-refractivity contribution in [2.24, 2.45) is 5.73 Å². The average molecular weight is 210 g/mol. The number of anilines is 1. The molecule has 0 aliphatic carbocycles. The summed E-state index contributed by atoms with van der Waals surface area (Å²) in [5.74, 6) is 0.447. The van der Waals surface area contributed by atoms with E-state index in [-0.39, 0.29) is 18.0 Å². The lowest BCUT2D eigenvalue weighted by Gasteiger charge is -2.32. The van der Waals surface area contributed by atoms with Gasteiger partial charge in [0, 0.05) is 6.07 Å². The molecule has 1 aliphatic heterocycles. The zero-order chi connectivity index (χ0) is 10.8. The van der Waals surface area contributed by atoms with Crippen LogP contribution in [0.3, 0.4) is 0 Å². The van der Waals surface area contributed by atoms with Crippen LogP contribution in [0.4, 0.5) is 10.1 Å². The van der Waals surface area contributed by atoms with Gasteiger partial charge in [-0.1, -0.05) is 0 Å². The van der Waals surface area contributed by atoms with Crippen LogP contribution in [-0.2, 0) is 0 Å². The fourth-order valence-corrected chi connectivity index (χ4v) is 1.79. The zero-order valence-corrected chi connectivity index (χ0v) is 8.66. The van der Waals surface area contributed by atoms with Gasteiger partial charge in [-0.3, -0.25) is 0 Å². The molecule has 0 saturated carbocycles. The van der Waals surface area contributed by atoms with E-state index in [2.05, 4.69) is 5.32 Å². The second-order valence-corrected chi connectivity index (χ2v) is 3.81. The van der Waals surface area contributed by atoms with Gasteiger partial charge < -0.3 is 15.8 Å². The first-order valence-electron chi connectivity index (χ1n) is 5.13. The SMILES string of the molecule is CC1Nc2cc(F)ccc2OC1CCN. The maximum Gasteiger partial charge on any atom is 0.143 e. The topological polar surface area (TPSA) is 47.3 Å². The van der Waals surface area contributed by atoms with E-state index in [1.165, 1.54) is 12.1 Å². The lowest BCUT2D eigenvalue weighted by molar-refractivity contribution is 0.167. The van der Waals surface area contributed by atoms with Crippen molar-refractivity contribution in [3.05, 3.63) is 24.0 Å². The van der Waals surface area contributed by atoms with Crippen LogP contribution >= 0.6 is 0 Å². The van der Waals surface area contributed by atoms with E-state index < -0.39 is 0 Å². The normalized spacial score (nSPS) is 23.9. The van der Waals surface area contributed by atoms with Crippen molar-refractivity contribution >= 4 is 5.69 Å². The molecule has 0 bridgehead atoms. The number of rotatable bonds is 2. The maximum atomic E-state index is 13.0. The fraction of sp³-hybridized carbons (Fsp3) is 0.455. The van der Waals surface area contributed by atoms with Crippen molar-refractivity contribution in [3.8, 4) is 5.75 Å². The van der Waals surface area contributed by atoms with Gasteiger partial charge in [-0.25, -0.2) is 4.39 Å². The van der Waals surface area contributed by atoms with Crippen molar-refractivity contribution in [2.75, 3.05) is 11.9 Å². The molecule has 2 rings (SSSR count). The molecule has 1 aromatic carbocycles. The Hall–Kier alpha value is -1.29. The monoisotopic (exact) mass is 210 g/mol. The molecule has 3 nitrogen and oxygen atoms in total. The number of fused-ring (bicyclic) bond motifs is 1. The number of nitrogens with one attached hydrogen (secondary N) is 1. The molecule has 2 atom stereocenters. The smallest absolute Gasteiger partial charge is 0.143 e. The molecule has 2 unspecified atom stereocenters. The molecule has 1 aromatic rings. The van der Waals surface area contributed by atoms with Gasteiger partial charge in [-0.2, -0.15) is 0 Å². The van der Waals surface area contributed by atoms with E-state index in [1.54, 1.807) is 6.07 Å². The number of halogens is 1. The highest BCUT2D eigenvalue weighted by molar-refractivity contribution is 5.58. The van der Waals surface area contributed by atoms with E-state index in [0.29, 0.717) is 12.3 Å². The number of hydrogen-bond donors (Lipinski definition) is 2. The van der Waals surface area contributed by atoms with Gasteiger partial charge >= 0.3 is 0 Å². The second kappa shape index (κ2) is 4.06. The fourth-order valence-electron chi connectivity index (χ4n) is 1.79. The lowest BCUT2D eigenvalue weighted by Crippen LogP contribution is -2.40. The summed E-state index contributed by atoms with van der Waals surface area (Å²) >= 11 is 0. The van der Waals surface area contributed by atoms with Gasteiger partial charge in [0.25, 0.3) is 0 Å². The Morgan fingerprint density at radius 3 is 3.07 bits per heavy atom. The minimum Gasteiger partial charge on any atom is -0.486 e. The Morgan fingerprint density at radius 1 is 1.53 bits per heavy atom. The Bertz CT molecular complexity index is 356. The lowest BCUT2D eigenvalue weighted by atomic mass is 10.1. The number of benzene rings is 1. The third-order valence-corrected chi connectivity index (χ3v) is 2.61. The summed E-state index contributed by atoms with van der Waals surface area (Å²) in [7, 11) is 0. The maximum absolute atomic E-state index is 13.0. The molecule has 4 heteroatoms. The van der Waals surface area contributed by atoms with Crippen molar-refractivity contribution in [3.63, 3.8) is 0 Å². The Kier molecular flexibility index (Phi) is 2.77. The molecule has 1 aliphatic rings. The molecule has 0 fully saturated rings. The van der Waals surface area contributed by atoms with Crippen LogP contribution in [0.5, 0.6) is 5.75 Å². The van der Waals surface area contributed by atoms with Crippen molar-refractivity contribution in [1.29, 1.82) is 0 Å². The first-order chi connectivity index (χ1) is 7.20. The van der Waals surface area contributed by atoms with E-state index in [9.17, 15) is 4.39 Å². The summed E-state index contributed by atoms with van der Waals surface area (Å²) < 4.78 is 18.7. The molecule has 15 heavy (non-hydrogen) atoms. The summed E-state index contributed by atoms with van der Waals surface area (Å²) in [5.41, 5.74) is 6.22. The van der Waals surface area contributed by atoms with Gasteiger partial charge in [0.2, 0.25) is 0 Å². The van der Waals surface area contributed by atoms with E-state index in [1.807, 2.05) is 6.92 Å². The van der Waals surface area contributed by atoms with Gasteiger partial charge in [-0.15, -0.1) is 0 Å². The van der Waals surface area contributed by atoms with Crippen LogP contribution in [0.2, 0.25) is 0 Å². The first kappa shape index (κ1) is 10.2. The molecule has 82 valence electrons. The third-order valence-electron chi connectivity index (χ3n) is 2.61. The summed E-state index contributed by atoms with van der Waals surface area (Å²) in [6, 6.07) is 4.65. The Morgan fingerprint density at radius 2 is 2.33 bits per heavy atom. The summed E-state index contributed by atoms with van der Waals surface area (Å²) in [5, 5.41) is 3.22. The quantitative estimate of drug-likeness (QED) is 0.781. The third kappa shape index (κ3) is 2.04. The van der Waals surface area contributed by atoms with Gasteiger partial charge in [0.05, 0.1) is 11.7 Å². The van der Waals surface area contributed by atoms with Gasteiger partial charge in [-0.05, 0) is 32.0 Å². The van der Waals surface area contributed by atoms with Crippen LogP contribution < -0.4 is 15.8 Å². The number of hydrogen-bond acceptors (Lipinski definition) is 3. The van der Waals surface area contributed by atoms with Gasteiger partial charge in [0.1, 0.15) is 17.7 Å². The predicted molar refractivity (Wildman–Crippen MR) is 57.6 cm³/mol. The van der Waals surface area contributed by atoms with Crippen LogP contribution in [0, 0.1) is 5.82 Å². The zero-order valence-electron chi connectivity index (χ0n) is 8.66. The summed E-state index contributed by atoms with van der Waals surface area (Å²) in [4.78, 5) is 0. The van der Waals surface area contributed by atoms with Crippen molar-refractivity contribution in [1.82, 2.24) is 0 Å². The Labute approximate surface area is 88.4 Å². The highest BCUT2D eigenvalue weighted by Gasteiger charge is 2.25. The van der Waals surface area contributed by atoms with E-state index >= 15 is 0 Å². The van der Waals surface area contributed by atoms with Crippen molar-refractivity contribution in [2.45, 2.75) is 25.5 Å². The van der Waals surface area contributed by atoms with Gasteiger partial charge in [0.15, 0.2) is 0 Å². The standard InChI is InChI=1S/C11H15FN2O/c1-7-10(4-5-13)15-11-3-2-8(12)6-9(11)14-7/h2-3,6-7,10,14H,4-5,13H2,1H3. The predicted octanol–water partition coefficient (Wildman–Crippen LogP) is 1.74. The Balaban J connectivity index is 2.22. The number of ether oxygens (including phenoxy) is 1. The van der Waals surface area contributed by atoms with E-state index in [4.69, 9.17) is 10.5 Å². The highest BCUT2D eigenvalue weighted by Crippen LogP contribution is 2.32. The summed E-state index contributed by atoms with van der Waals surface area (Å²) in [6.45, 7) is 2.60. The minimum atomic E-state index is -0.255. The molecule has 1 heterocycles. The van der Waals surface area contributed by atoms with Crippen LogP contribution in [0.25, 0.3) is 0 Å². The molecule has 0 spiro atoms. The molecular formula is C11H15FN2O. The first-order valence-corrected chi connectivity index (χ1v) is 5.13. The minimum absolute atomic E-state index is 0.0629. The average Bonchev–Trinajstić information content (AvgIpc) is 2.20. The van der Waals surface area contributed by atoms with Crippen molar-refractivity contribution < 1.29 is 9.13 Å². The molecule has 0 amide bonds. The van der Waals surface area contributed by atoms with Crippen LogP contribution in [0.15, 0.2) is 18.2 Å². The van der Waals surface area contributed by atoms with Crippen LogP contribution in [-0.4, -0.2) is 18.7 Å². The number of nitrogens with two attached hydrogens (primary N) is 1. The van der Waals surface area contributed by atoms with E-state index in [0.717, 1.165) is 12.1 Å².